The molecule has 0 aliphatic carbocycles. The second-order valence-electron chi connectivity index (χ2n) is 9.40. The maximum atomic E-state index is 14.7. The van der Waals surface area contributed by atoms with Crippen LogP contribution in [0.15, 0.2) is 40.1 Å². The lowest BCUT2D eigenvalue weighted by molar-refractivity contribution is -0.140. The number of benzene rings is 1. The Hall–Kier alpha value is -3.21. The molecule has 3 fully saturated rings. The molecule has 1 N–H and O–H groups in total. The summed E-state index contributed by atoms with van der Waals surface area (Å²) in [6, 6.07) is 3.47. The maximum Gasteiger partial charge on any atom is 0.419 e. The molecule has 0 amide bonds. The number of halogens is 4. The SMILES string of the molecule is C[C@@H](Nc1nn(C)c(=O)c2cc(=O)n(C3CN4CCC3CC4)cc12)c1cccc(C(F)(F)F)c1F. The summed E-state index contributed by atoms with van der Waals surface area (Å²) in [6.45, 7) is 4.25. The lowest BCUT2D eigenvalue weighted by Crippen LogP contribution is -2.49. The van der Waals surface area contributed by atoms with Gasteiger partial charge in [-0.15, -0.1) is 0 Å². The Morgan fingerprint density at radius 1 is 1.14 bits per heavy atom. The third kappa shape index (κ3) is 4.11. The Balaban J connectivity index is 1.58. The third-order valence-electron chi connectivity index (χ3n) is 7.24. The van der Waals surface area contributed by atoms with Crippen molar-refractivity contribution in [2.45, 2.75) is 38.0 Å². The number of aromatic nitrogens is 3. The first-order chi connectivity index (χ1) is 16.5. The van der Waals surface area contributed by atoms with E-state index in [2.05, 4.69) is 15.3 Å². The highest BCUT2D eigenvalue weighted by atomic mass is 19.4. The van der Waals surface area contributed by atoms with Crippen molar-refractivity contribution in [1.29, 1.82) is 0 Å². The van der Waals surface area contributed by atoms with Gasteiger partial charge in [-0.2, -0.15) is 18.3 Å². The summed E-state index contributed by atoms with van der Waals surface area (Å²) in [4.78, 5) is 28.1. The van der Waals surface area contributed by atoms with Gasteiger partial charge >= 0.3 is 6.18 Å². The van der Waals surface area contributed by atoms with Crippen molar-refractivity contribution in [1.82, 2.24) is 19.2 Å². The van der Waals surface area contributed by atoms with Gasteiger partial charge in [0.1, 0.15) is 5.82 Å². The van der Waals surface area contributed by atoms with Crippen molar-refractivity contribution in [2.24, 2.45) is 13.0 Å². The van der Waals surface area contributed by atoms with Crippen molar-refractivity contribution in [3.8, 4) is 0 Å². The fourth-order valence-electron chi connectivity index (χ4n) is 5.34. The van der Waals surface area contributed by atoms with Gasteiger partial charge in [0.15, 0.2) is 5.82 Å². The minimum Gasteiger partial charge on any atom is -0.361 e. The third-order valence-corrected chi connectivity index (χ3v) is 7.24. The predicted octanol–water partition coefficient (Wildman–Crippen LogP) is 3.69. The molecule has 6 rings (SSSR count). The van der Waals surface area contributed by atoms with Crippen LogP contribution in [-0.2, 0) is 13.2 Å². The number of fused-ring (bicyclic) bond motifs is 4. The van der Waals surface area contributed by atoms with E-state index in [4.69, 9.17) is 0 Å². The van der Waals surface area contributed by atoms with Gasteiger partial charge in [-0.1, -0.05) is 12.1 Å². The highest BCUT2D eigenvalue weighted by Crippen LogP contribution is 2.36. The number of aryl methyl sites for hydroxylation is 1. The second-order valence-corrected chi connectivity index (χ2v) is 9.40. The van der Waals surface area contributed by atoms with Gasteiger partial charge in [0, 0.05) is 36.8 Å². The molecule has 186 valence electrons. The number of nitrogens with one attached hydrogen (secondary N) is 1. The zero-order valence-corrected chi connectivity index (χ0v) is 19.3. The zero-order chi connectivity index (χ0) is 25.1. The van der Waals surface area contributed by atoms with Gasteiger partial charge in [0.25, 0.3) is 11.1 Å². The Labute approximate surface area is 198 Å². The van der Waals surface area contributed by atoms with E-state index in [0.717, 1.165) is 43.2 Å². The lowest BCUT2D eigenvalue weighted by Gasteiger charge is -2.45. The van der Waals surface area contributed by atoms with E-state index in [0.29, 0.717) is 17.4 Å². The molecular weight excluding hydrogens is 466 g/mol. The van der Waals surface area contributed by atoms with Crippen LogP contribution in [0, 0.1) is 11.7 Å². The summed E-state index contributed by atoms with van der Waals surface area (Å²) in [7, 11) is 1.42. The van der Waals surface area contributed by atoms with E-state index in [1.54, 1.807) is 10.8 Å². The van der Waals surface area contributed by atoms with Gasteiger partial charge < -0.3 is 14.8 Å². The molecule has 1 unspecified atom stereocenters. The Morgan fingerprint density at radius 2 is 1.86 bits per heavy atom. The van der Waals surface area contributed by atoms with Crippen molar-refractivity contribution in [3.05, 3.63) is 68.1 Å². The van der Waals surface area contributed by atoms with Gasteiger partial charge in [-0.05, 0) is 44.8 Å². The van der Waals surface area contributed by atoms with E-state index in [9.17, 15) is 27.2 Å². The molecule has 2 bridgehead atoms. The first-order valence-electron chi connectivity index (χ1n) is 11.5. The van der Waals surface area contributed by atoms with Crippen molar-refractivity contribution in [2.75, 3.05) is 25.0 Å². The molecule has 3 aliphatic rings. The number of hydrogen-bond donors (Lipinski definition) is 1. The standard InChI is InChI=1S/C24H25F4N5O2/c1-13(15-4-3-5-18(21(15)25)24(26,27)28)29-22-17-11-33(19-12-32-8-6-14(19)7-9-32)20(34)10-16(17)23(35)31(2)30-22/h3-5,10-11,13-14,19H,6-9,12H2,1-2H3,(H,29,30)/t13-,19?/m1/s1. The molecule has 2 atom stereocenters. The maximum absolute atomic E-state index is 14.7. The van der Waals surface area contributed by atoms with Gasteiger partial charge in [-0.25, -0.2) is 9.07 Å². The highest BCUT2D eigenvalue weighted by Gasteiger charge is 2.37. The van der Waals surface area contributed by atoms with Crippen molar-refractivity contribution in [3.63, 3.8) is 0 Å². The molecule has 3 saturated heterocycles. The van der Waals surface area contributed by atoms with Crippen LogP contribution in [0.2, 0.25) is 0 Å². The Morgan fingerprint density at radius 3 is 2.49 bits per heavy atom. The number of hydrogen-bond acceptors (Lipinski definition) is 5. The normalized spacial score (nSPS) is 23.0. The highest BCUT2D eigenvalue weighted by molar-refractivity contribution is 5.90. The summed E-state index contributed by atoms with van der Waals surface area (Å²) in [5, 5.41) is 7.73. The Bertz CT molecular complexity index is 1410. The summed E-state index contributed by atoms with van der Waals surface area (Å²) in [6.07, 6.45) is -1.25. The topological polar surface area (TPSA) is 72.2 Å². The van der Waals surface area contributed by atoms with Crippen LogP contribution in [0.3, 0.4) is 0 Å². The number of piperidine rings is 3. The zero-order valence-electron chi connectivity index (χ0n) is 19.3. The number of rotatable bonds is 4. The largest absolute Gasteiger partial charge is 0.419 e. The molecule has 3 aromatic rings. The number of alkyl halides is 3. The molecule has 7 nitrogen and oxygen atoms in total. The molecule has 5 heterocycles. The minimum atomic E-state index is -4.83. The number of nitrogens with zero attached hydrogens (tertiary/aromatic N) is 4. The van der Waals surface area contributed by atoms with E-state index in [-0.39, 0.29) is 28.4 Å². The fraction of sp³-hybridized carbons (Fsp3) is 0.458. The first-order valence-corrected chi connectivity index (χ1v) is 11.5. The molecular formula is C24H25F4N5O2. The van der Waals surface area contributed by atoms with Crippen molar-refractivity contribution < 1.29 is 17.6 Å². The molecule has 0 saturated carbocycles. The number of anilines is 1. The monoisotopic (exact) mass is 491 g/mol. The summed E-state index contributed by atoms with van der Waals surface area (Å²) in [5.74, 6) is -0.830. The molecule has 3 aliphatic heterocycles. The van der Waals surface area contributed by atoms with Crippen LogP contribution in [0.1, 0.15) is 43.0 Å². The Kier molecular flexibility index (Phi) is 5.70. The molecule has 11 heteroatoms. The summed E-state index contributed by atoms with van der Waals surface area (Å²) < 4.78 is 57.0. The smallest absolute Gasteiger partial charge is 0.361 e. The average Bonchev–Trinajstić information content (AvgIpc) is 2.82. The first kappa shape index (κ1) is 23.5. The summed E-state index contributed by atoms with van der Waals surface area (Å²) >= 11 is 0. The van der Waals surface area contributed by atoms with Gasteiger partial charge in [0.2, 0.25) is 0 Å². The fourth-order valence-corrected chi connectivity index (χ4v) is 5.34. The summed E-state index contributed by atoms with van der Waals surface area (Å²) in [5.41, 5.74) is -2.29. The van der Waals surface area contributed by atoms with Crippen LogP contribution in [0.25, 0.3) is 10.8 Å². The average molecular weight is 491 g/mol. The molecule has 0 spiro atoms. The number of pyridine rings is 1. The lowest BCUT2D eigenvalue weighted by atomic mass is 9.84. The van der Waals surface area contributed by atoms with Crippen LogP contribution in [0.5, 0.6) is 0 Å². The second kappa shape index (κ2) is 8.47. The van der Waals surface area contributed by atoms with E-state index in [1.165, 1.54) is 26.1 Å². The predicted molar refractivity (Wildman–Crippen MR) is 123 cm³/mol. The molecule has 0 radical (unpaired) electrons. The quantitative estimate of drug-likeness (QED) is 0.564. The molecule has 1 aromatic carbocycles. The minimum absolute atomic E-state index is 0.0374. The van der Waals surface area contributed by atoms with Crippen molar-refractivity contribution >= 4 is 16.6 Å². The van der Waals surface area contributed by atoms with E-state index >= 15 is 0 Å². The molecule has 2 aromatic heterocycles. The molecule has 35 heavy (non-hydrogen) atoms. The van der Waals surface area contributed by atoms with Crippen LogP contribution < -0.4 is 16.4 Å². The van der Waals surface area contributed by atoms with Gasteiger partial charge in [0.05, 0.1) is 23.0 Å². The van der Waals surface area contributed by atoms with Crippen LogP contribution in [0.4, 0.5) is 23.4 Å². The van der Waals surface area contributed by atoms with Gasteiger partial charge in [-0.3, -0.25) is 9.59 Å². The van der Waals surface area contributed by atoms with E-state index in [1.807, 2.05) is 0 Å². The van der Waals surface area contributed by atoms with Crippen LogP contribution in [-0.4, -0.2) is 38.9 Å². The van der Waals surface area contributed by atoms with Crippen LogP contribution >= 0.6 is 0 Å². The van der Waals surface area contributed by atoms with E-state index < -0.39 is 29.2 Å².